The first kappa shape index (κ1) is 12.9. The molecule has 2 aromatic rings. The number of carbonyl (C=O) groups excluding carboxylic acids is 1. The summed E-state index contributed by atoms with van der Waals surface area (Å²) < 4.78 is 5.59. The minimum Gasteiger partial charge on any atom is -0.491 e. The summed E-state index contributed by atoms with van der Waals surface area (Å²) in [4.78, 5) is 14.2. The van der Waals surface area contributed by atoms with E-state index in [1.807, 2.05) is 12.1 Å². The molecule has 3 rings (SSSR count). The number of hydrogen-bond acceptors (Lipinski definition) is 4. The van der Waals surface area contributed by atoms with Crippen LogP contribution >= 0.6 is 11.6 Å². The van der Waals surface area contributed by atoms with E-state index in [0.717, 1.165) is 0 Å². The summed E-state index contributed by atoms with van der Waals surface area (Å²) in [6.07, 6.45) is 0. The van der Waals surface area contributed by atoms with E-state index < -0.39 is 0 Å². The number of benzene rings is 1. The van der Waals surface area contributed by atoms with Crippen LogP contribution in [0.25, 0.3) is 0 Å². The Morgan fingerprint density at radius 3 is 2.85 bits per heavy atom. The standard InChI is InChI=1S/C14H12ClN3O2/c15-13-6-5-10(16-17-13)9-18-7-8-20-12-4-2-1-3-11(12)14(18)19/h1-6H,7-9H2. The van der Waals surface area contributed by atoms with Gasteiger partial charge in [-0.2, -0.15) is 5.10 Å². The number of para-hydroxylation sites is 1. The van der Waals surface area contributed by atoms with Crippen molar-refractivity contribution in [3.8, 4) is 5.75 Å². The molecule has 1 amide bonds. The second-order valence-corrected chi connectivity index (χ2v) is 4.81. The summed E-state index contributed by atoms with van der Waals surface area (Å²) in [5.41, 5.74) is 1.27. The van der Waals surface area contributed by atoms with Crippen molar-refractivity contribution >= 4 is 17.5 Å². The zero-order chi connectivity index (χ0) is 13.9. The van der Waals surface area contributed by atoms with Gasteiger partial charge in [0.15, 0.2) is 5.15 Å². The molecule has 2 heterocycles. The van der Waals surface area contributed by atoms with E-state index in [2.05, 4.69) is 10.2 Å². The number of aromatic nitrogens is 2. The average Bonchev–Trinajstić information content (AvgIpc) is 2.62. The van der Waals surface area contributed by atoms with Crippen LogP contribution in [-0.2, 0) is 6.54 Å². The van der Waals surface area contributed by atoms with Gasteiger partial charge in [0.1, 0.15) is 12.4 Å². The molecule has 0 unspecified atom stereocenters. The molecule has 1 aliphatic rings. The van der Waals surface area contributed by atoms with Gasteiger partial charge in [0.2, 0.25) is 0 Å². The summed E-state index contributed by atoms with van der Waals surface area (Å²) in [6.45, 7) is 1.36. The molecule has 0 N–H and O–H groups in total. The van der Waals surface area contributed by atoms with Gasteiger partial charge in [-0.1, -0.05) is 23.7 Å². The van der Waals surface area contributed by atoms with Gasteiger partial charge in [0, 0.05) is 0 Å². The molecule has 5 nitrogen and oxygen atoms in total. The van der Waals surface area contributed by atoms with Gasteiger partial charge in [0.05, 0.1) is 24.3 Å². The lowest BCUT2D eigenvalue weighted by molar-refractivity contribution is 0.0740. The largest absolute Gasteiger partial charge is 0.491 e. The van der Waals surface area contributed by atoms with Crippen LogP contribution in [0.5, 0.6) is 5.75 Å². The SMILES string of the molecule is O=C1c2ccccc2OCCN1Cc1ccc(Cl)nn1. The fraction of sp³-hybridized carbons (Fsp3) is 0.214. The van der Waals surface area contributed by atoms with Gasteiger partial charge in [-0.05, 0) is 24.3 Å². The maximum atomic E-state index is 12.5. The molecule has 20 heavy (non-hydrogen) atoms. The predicted octanol–water partition coefficient (Wildman–Crippen LogP) is 2.16. The van der Waals surface area contributed by atoms with Crippen molar-refractivity contribution in [1.82, 2.24) is 15.1 Å². The van der Waals surface area contributed by atoms with E-state index in [-0.39, 0.29) is 5.91 Å². The van der Waals surface area contributed by atoms with Gasteiger partial charge < -0.3 is 9.64 Å². The van der Waals surface area contributed by atoms with Crippen LogP contribution in [0.1, 0.15) is 16.1 Å². The smallest absolute Gasteiger partial charge is 0.258 e. The first-order valence-electron chi connectivity index (χ1n) is 6.23. The van der Waals surface area contributed by atoms with Crippen LogP contribution in [0.3, 0.4) is 0 Å². The highest BCUT2D eigenvalue weighted by molar-refractivity contribution is 6.29. The van der Waals surface area contributed by atoms with Crippen molar-refractivity contribution in [2.75, 3.05) is 13.2 Å². The van der Waals surface area contributed by atoms with Gasteiger partial charge in [0.25, 0.3) is 5.91 Å². The number of rotatable bonds is 2. The zero-order valence-electron chi connectivity index (χ0n) is 10.6. The molecule has 102 valence electrons. The molecule has 0 saturated carbocycles. The Morgan fingerprint density at radius 2 is 2.05 bits per heavy atom. The van der Waals surface area contributed by atoms with Crippen molar-refractivity contribution < 1.29 is 9.53 Å². The fourth-order valence-corrected chi connectivity index (χ4v) is 2.18. The first-order chi connectivity index (χ1) is 9.74. The minimum absolute atomic E-state index is 0.0603. The van der Waals surface area contributed by atoms with Crippen LogP contribution in [0.15, 0.2) is 36.4 Å². The number of carbonyl (C=O) groups is 1. The predicted molar refractivity (Wildman–Crippen MR) is 73.7 cm³/mol. The lowest BCUT2D eigenvalue weighted by Crippen LogP contribution is -2.32. The highest BCUT2D eigenvalue weighted by atomic mass is 35.5. The van der Waals surface area contributed by atoms with E-state index in [1.165, 1.54) is 0 Å². The van der Waals surface area contributed by atoms with E-state index in [0.29, 0.717) is 41.9 Å². The van der Waals surface area contributed by atoms with Crippen LogP contribution in [-0.4, -0.2) is 34.2 Å². The molecular weight excluding hydrogens is 278 g/mol. The van der Waals surface area contributed by atoms with Crippen molar-refractivity contribution in [3.05, 3.63) is 52.8 Å². The van der Waals surface area contributed by atoms with E-state index in [4.69, 9.17) is 16.3 Å². The van der Waals surface area contributed by atoms with Crippen LogP contribution in [0.4, 0.5) is 0 Å². The molecule has 0 radical (unpaired) electrons. The van der Waals surface area contributed by atoms with Crippen molar-refractivity contribution in [2.45, 2.75) is 6.54 Å². The van der Waals surface area contributed by atoms with Crippen LogP contribution < -0.4 is 4.74 Å². The molecule has 0 spiro atoms. The van der Waals surface area contributed by atoms with Crippen molar-refractivity contribution in [2.24, 2.45) is 0 Å². The van der Waals surface area contributed by atoms with Gasteiger partial charge >= 0.3 is 0 Å². The van der Waals surface area contributed by atoms with E-state index in [1.54, 1.807) is 29.2 Å². The normalized spacial score (nSPS) is 14.4. The summed E-state index contributed by atoms with van der Waals surface area (Å²) in [5.74, 6) is 0.567. The third kappa shape index (κ3) is 2.58. The van der Waals surface area contributed by atoms with E-state index in [9.17, 15) is 4.79 Å². The minimum atomic E-state index is -0.0603. The average molecular weight is 290 g/mol. The molecule has 1 aliphatic heterocycles. The number of nitrogens with zero attached hydrogens (tertiary/aromatic N) is 3. The summed E-state index contributed by atoms with van der Waals surface area (Å²) in [7, 11) is 0. The first-order valence-corrected chi connectivity index (χ1v) is 6.61. The monoisotopic (exact) mass is 289 g/mol. The fourth-order valence-electron chi connectivity index (χ4n) is 2.08. The third-order valence-electron chi connectivity index (χ3n) is 3.06. The van der Waals surface area contributed by atoms with Crippen LogP contribution in [0, 0.1) is 0 Å². The Labute approximate surface area is 121 Å². The molecule has 0 fully saturated rings. The molecule has 6 heteroatoms. The molecule has 0 saturated heterocycles. The molecular formula is C14H12ClN3O2. The Morgan fingerprint density at radius 1 is 1.20 bits per heavy atom. The summed E-state index contributed by atoms with van der Waals surface area (Å²) >= 11 is 5.70. The maximum Gasteiger partial charge on any atom is 0.258 e. The highest BCUT2D eigenvalue weighted by Crippen LogP contribution is 2.23. The Balaban J connectivity index is 1.84. The highest BCUT2D eigenvalue weighted by Gasteiger charge is 2.23. The van der Waals surface area contributed by atoms with Gasteiger partial charge in [-0.3, -0.25) is 4.79 Å². The van der Waals surface area contributed by atoms with E-state index >= 15 is 0 Å². The zero-order valence-corrected chi connectivity index (χ0v) is 11.4. The summed E-state index contributed by atoms with van der Waals surface area (Å²) in [5, 5.41) is 8.10. The maximum absolute atomic E-state index is 12.5. The second kappa shape index (κ2) is 5.46. The number of halogens is 1. The molecule has 0 atom stereocenters. The Hall–Kier alpha value is -2.14. The lowest BCUT2D eigenvalue weighted by atomic mass is 10.1. The second-order valence-electron chi connectivity index (χ2n) is 4.42. The third-order valence-corrected chi connectivity index (χ3v) is 3.27. The summed E-state index contributed by atoms with van der Waals surface area (Å²) in [6, 6.07) is 10.7. The number of hydrogen-bond donors (Lipinski definition) is 0. The number of amides is 1. The number of fused-ring (bicyclic) bond motifs is 1. The molecule has 0 aliphatic carbocycles. The quantitative estimate of drug-likeness (QED) is 0.850. The molecule has 1 aromatic carbocycles. The topological polar surface area (TPSA) is 55.3 Å². The Bertz CT molecular complexity index is 631. The van der Waals surface area contributed by atoms with Crippen molar-refractivity contribution in [1.29, 1.82) is 0 Å². The Kier molecular flexibility index (Phi) is 3.52. The van der Waals surface area contributed by atoms with Crippen LogP contribution in [0.2, 0.25) is 5.15 Å². The van der Waals surface area contributed by atoms with Gasteiger partial charge in [-0.15, -0.1) is 5.10 Å². The number of ether oxygens (including phenoxy) is 1. The molecule has 0 bridgehead atoms. The van der Waals surface area contributed by atoms with Gasteiger partial charge in [-0.25, -0.2) is 0 Å². The molecule has 1 aromatic heterocycles. The van der Waals surface area contributed by atoms with Crippen molar-refractivity contribution in [3.63, 3.8) is 0 Å². The lowest BCUT2D eigenvalue weighted by Gasteiger charge is -2.19.